The van der Waals surface area contributed by atoms with Gasteiger partial charge in [-0.25, -0.2) is 0 Å². The molecule has 1 aromatic rings. The largest absolute Gasteiger partial charge is 0.324 e. The molecular weight excluding hydrogens is 218 g/mol. The molecule has 74 valence electrons. The van der Waals surface area contributed by atoms with Crippen LogP contribution < -0.4 is 5.32 Å². The van der Waals surface area contributed by atoms with Gasteiger partial charge in [0.05, 0.1) is 10.9 Å². The second-order valence-electron chi connectivity index (χ2n) is 3.21. The number of carbonyl (C=O) groups excluding carboxylic acids is 1. The highest BCUT2D eigenvalue weighted by molar-refractivity contribution is 8.00. The van der Waals surface area contributed by atoms with Crippen molar-refractivity contribution >= 4 is 35.0 Å². The van der Waals surface area contributed by atoms with Crippen molar-refractivity contribution in [3.63, 3.8) is 0 Å². The van der Waals surface area contributed by atoms with E-state index in [1.165, 1.54) is 0 Å². The van der Waals surface area contributed by atoms with Gasteiger partial charge in [0.1, 0.15) is 0 Å². The quantitative estimate of drug-likeness (QED) is 0.748. The van der Waals surface area contributed by atoms with E-state index in [4.69, 9.17) is 11.6 Å². The number of hydrogen-bond acceptors (Lipinski definition) is 2. The summed E-state index contributed by atoms with van der Waals surface area (Å²) in [7, 11) is 0. The second-order valence-corrected chi connectivity index (χ2v) is 4.86. The molecule has 0 saturated heterocycles. The van der Waals surface area contributed by atoms with Crippen LogP contribution in [0.25, 0.3) is 0 Å². The van der Waals surface area contributed by atoms with Crippen molar-refractivity contribution in [2.24, 2.45) is 0 Å². The Hall–Kier alpha value is -0.670. The molecular formula is C10H10ClNOS. The molecule has 1 aliphatic heterocycles. The minimum absolute atomic E-state index is 0.00986. The number of hydrogen-bond donors (Lipinski definition) is 1. The molecule has 4 heteroatoms. The Bertz CT molecular complexity index is 380. The summed E-state index contributed by atoms with van der Waals surface area (Å²) in [4.78, 5) is 12.5. The Morgan fingerprint density at radius 1 is 1.57 bits per heavy atom. The van der Waals surface area contributed by atoms with Gasteiger partial charge in [-0.15, -0.1) is 23.4 Å². The molecule has 2 rings (SSSR count). The molecule has 1 aromatic carbocycles. The van der Waals surface area contributed by atoms with Crippen molar-refractivity contribution in [3.05, 3.63) is 23.8 Å². The van der Waals surface area contributed by atoms with Gasteiger partial charge in [0.2, 0.25) is 5.91 Å². The maximum atomic E-state index is 11.4. The first kappa shape index (κ1) is 9.87. The van der Waals surface area contributed by atoms with Crippen molar-refractivity contribution in [3.8, 4) is 0 Å². The van der Waals surface area contributed by atoms with E-state index in [9.17, 15) is 4.79 Å². The monoisotopic (exact) mass is 227 g/mol. The lowest BCUT2D eigenvalue weighted by Gasteiger charge is -2.21. The van der Waals surface area contributed by atoms with Gasteiger partial charge in [-0.3, -0.25) is 4.79 Å². The summed E-state index contributed by atoms with van der Waals surface area (Å²) in [5.41, 5.74) is 1.91. The Labute approximate surface area is 92.0 Å². The Morgan fingerprint density at radius 2 is 2.36 bits per heavy atom. The number of rotatable bonds is 1. The standard InChI is InChI=1S/C10H10ClNOS/c1-6-10(13)12-8-4-7(5-11)2-3-9(8)14-6/h2-4,6H,5H2,1H3,(H,12,13). The van der Waals surface area contributed by atoms with Crippen LogP contribution in [0.2, 0.25) is 0 Å². The van der Waals surface area contributed by atoms with Crippen LogP contribution in [0.4, 0.5) is 5.69 Å². The lowest BCUT2D eigenvalue weighted by Crippen LogP contribution is -2.26. The summed E-state index contributed by atoms with van der Waals surface area (Å²) >= 11 is 7.30. The summed E-state index contributed by atoms with van der Waals surface area (Å²) in [5.74, 6) is 0.540. The molecule has 0 bridgehead atoms. The number of nitrogens with one attached hydrogen (secondary N) is 1. The second kappa shape index (κ2) is 3.83. The molecule has 0 saturated carbocycles. The first-order valence-corrected chi connectivity index (χ1v) is 5.78. The maximum absolute atomic E-state index is 11.4. The number of amides is 1. The number of fused-ring (bicyclic) bond motifs is 1. The van der Waals surface area contributed by atoms with Gasteiger partial charge >= 0.3 is 0 Å². The normalized spacial score (nSPS) is 20.1. The molecule has 2 nitrogen and oxygen atoms in total. The number of alkyl halides is 1. The molecule has 1 N–H and O–H groups in total. The SMILES string of the molecule is CC1Sc2ccc(CCl)cc2NC1=O. The molecule has 0 fully saturated rings. The van der Waals surface area contributed by atoms with Crippen molar-refractivity contribution < 1.29 is 4.79 Å². The third kappa shape index (κ3) is 1.74. The van der Waals surface area contributed by atoms with Crippen LogP contribution in [0.3, 0.4) is 0 Å². The van der Waals surface area contributed by atoms with E-state index in [1.807, 2.05) is 25.1 Å². The zero-order chi connectivity index (χ0) is 10.1. The van der Waals surface area contributed by atoms with Gasteiger partial charge in [0, 0.05) is 10.8 Å². The van der Waals surface area contributed by atoms with Crippen molar-refractivity contribution in [2.45, 2.75) is 22.9 Å². The van der Waals surface area contributed by atoms with Crippen molar-refractivity contribution in [2.75, 3.05) is 5.32 Å². The van der Waals surface area contributed by atoms with Crippen LogP contribution in [0.1, 0.15) is 12.5 Å². The van der Waals surface area contributed by atoms with Gasteiger partial charge in [0.25, 0.3) is 0 Å². The average Bonchev–Trinajstić information content (AvgIpc) is 2.19. The van der Waals surface area contributed by atoms with Crippen LogP contribution in [-0.2, 0) is 10.7 Å². The summed E-state index contributed by atoms with van der Waals surface area (Å²) < 4.78 is 0. The van der Waals surface area contributed by atoms with Gasteiger partial charge in [-0.1, -0.05) is 6.07 Å². The first-order chi connectivity index (χ1) is 6.70. The number of carbonyl (C=O) groups is 1. The van der Waals surface area contributed by atoms with E-state index < -0.39 is 0 Å². The minimum atomic E-state index is -0.00986. The molecule has 1 unspecified atom stereocenters. The van der Waals surface area contributed by atoms with E-state index in [0.29, 0.717) is 5.88 Å². The highest BCUT2D eigenvalue weighted by Gasteiger charge is 2.22. The van der Waals surface area contributed by atoms with Crippen LogP contribution >= 0.6 is 23.4 Å². The zero-order valence-electron chi connectivity index (χ0n) is 7.71. The van der Waals surface area contributed by atoms with E-state index in [1.54, 1.807) is 11.8 Å². The maximum Gasteiger partial charge on any atom is 0.237 e. The van der Waals surface area contributed by atoms with Crippen LogP contribution in [0.5, 0.6) is 0 Å². The molecule has 1 atom stereocenters. The molecule has 1 heterocycles. The number of benzene rings is 1. The highest BCUT2D eigenvalue weighted by atomic mass is 35.5. The molecule has 1 amide bonds. The summed E-state index contributed by atoms with van der Waals surface area (Å²) in [6.07, 6.45) is 0. The third-order valence-corrected chi connectivity index (χ3v) is 3.62. The topological polar surface area (TPSA) is 29.1 Å². The molecule has 0 aromatic heterocycles. The van der Waals surface area contributed by atoms with E-state index in [2.05, 4.69) is 5.32 Å². The summed E-state index contributed by atoms with van der Waals surface area (Å²) in [6, 6.07) is 5.93. The zero-order valence-corrected chi connectivity index (χ0v) is 9.28. The van der Waals surface area contributed by atoms with Crippen LogP contribution in [-0.4, -0.2) is 11.2 Å². The fourth-order valence-electron chi connectivity index (χ4n) is 1.34. The van der Waals surface area contributed by atoms with Crippen LogP contribution in [0.15, 0.2) is 23.1 Å². The Kier molecular flexibility index (Phi) is 2.70. The summed E-state index contributed by atoms with van der Waals surface area (Å²) in [5, 5.41) is 2.86. The van der Waals surface area contributed by atoms with Gasteiger partial charge in [-0.05, 0) is 24.6 Å². The smallest absolute Gasteiger partial charge is 0.237 e. The van der Waals surface area contributed by atoms with Gasteiger partial charge in [-0.2, -0.15) is 0 Å². The Balaban J connectivity index is 2.37. The van der Waals surface area contributed by atoms with Crippen molar-refractivity contribution in [1.82, 2.24) is 0 Å². The molecule has 1 aliphatic rings. The fraction of sp³-hybridized carbons (Fsp3) is 0.300. The van der Waals surface area contributed by atoms with E-state index in [0.717, 1.165) is 16.1 Å². The summed E-state index contributed by atoms with van der Waals surface area (Å²) in [6.45, 7) is 1.90. The Morgan fingerprint density at radius 3 is 3.07 bits per heavy atom. The van der Waals surface area contributed by atoms with Gasteiger partial charge < -0.3 is 5.32 Å². The highest BCUT2D eigenvalue weighted by Crippen LogP contribution is 2.36. The van der Waals surface area contributed by atoms with Crippen molar-refractivity contribution in [1.29, 1.82) is 0 Å². The van der Waals surface area contributed by atoms with E-state index in [-0.39, 0.29) is 11.2 Å². The number of anilines is 1. The number of halogens is 1. The molecule has 0 radical (unpaired) electrons. The average molecular weight is 228 g/mol. The fourth-order valence-corrected chi connectivity index (χ4v) is 2.44. The molecule has 14 heavy (non-hydrogen) atoms. The minimum Gasteiger partial charge on any atom is -0.324 e. The van der Waals surface area contributed by atoms with Crippen LogP contribution in [0, 0.1) is 0 Å². The van der Waals surface area contributed by atoms with E-state index >= 15 is 0 Å². The third-order valence-electron chi connectivity index (χ3n) is 2.13. The molecule has 0 spiro atoms. The van der Waals surface area contributed by atoms with Gasteiger partial charge in [0.15, 0.2) is 0 Å². The first-order valence-electron chi connectivity index (χ1n) is 4.37. The molecule has 0 aliphatic carbocycles. The lowest BCUT2D eigenvalue weighted by atomic mass is 10.2. The number of thioether (sulfide) groups is 1. The predicted molar refractivity (Wildman–Crippen MR) is 59.9 cm³/mol. The predicted octanol–water partition coefficient (Wildman–Crippen LogP) is 2.86. The lowest BCUT2D eigenvalue weighted by molar-refractivity contribution is -0.115.